The monoisotopic (exact) mass is 418 g/mol. The first-order valence-electron chi connectivity index (χ1n) is 9.75. The van der Waals surface area contributed by atoms with E-state index in [-0.39, 0.29) is 18.4 Å². The molecule has 0 aromatic carbocycles. The summed E-state index contributed by atoms with van der Waals surface area (Å²) in [4.78, 5) is 13.0. The number of aliphatic hydroxyl groups is 3. The molecule has 0 saturated carbocycles. The molecule has 2 saturated heterocycles. The molecule has 3 aromatic rings. The van der Waals surface area contributed by atoms with Crippen molar-refractivity contribution in [3.63, 3.8) is 0 Å². The minimum atomic E-state index is -1.26. The van der Waals surface area contributed by atoms with Crippen LogP contribution in [-0.2, 0) is 16.1 Å². The van der Waals surface area contributed by atoms with Crippen LogP contribution in [-0.4, -0.2) is 71.5 Å². The van der Waals surface area contributed by atoms with Crippen LogP contribution in [0.4, 0.5) is 5.82 Å². The standard InChI is InChI=1S/C18H22N6O6/c25-6-10-5-11(30-23-10)15-13(26)14(27)18(29-15)24-8-21-12-16(19-7-20-17(12)24)22-9-1-3-28-4-2-9/h5,7-9,13-15,18,25-27H,1-4,6H2,(H,19,20,22)/t13-,14+,15+,18+/m0/s1. The van der Waals surface area contributed by atoms with Gasteiger partial charge in [-0.15, -0.1) is 0 Å². The van der Waals surface area contributed by atoms with E-state index in [1.807, 2.05) is 0 Å². The molecular weight excluding hydrogens is 396 g/mol. The molecule has 5 heterocycles. The summed E-state index contributed by atoms with van der Waals surface area (Å²) in [6, 6.07) is 1.71. The second kappa shape index (κ2) is 7.89. The van der Waals surface area contributed by atoms with Crippen LogP contribution in [0.2, 0.25) is 0 Å². The molecule has 0 aliphatic carbocycles. The van der Waals surface area contributed by atoms with E-state index >= 15 is 0 Å². The predicted octanol–water partition coefficient (Wildman–Crippen LogP) is -0.111. The fraction of sp³-hybridized carbons (Fsp3) is 0.556. The number of anilines is 1. The van der Waals surface area contributed by atoms with E-state index in [1.54, 1.807) is 4.57 Å². The van der Waals surface area contributed by atoms with Crippen LogP contribution in [0.15, 0.2) is 23.2 Å². The molecule has 5 rings (SSSR count). The Bertz CT molecular complexity index is 1020. The average Bonchev–Trinajstić information content (AvgIpc) is 3.48. The number of imidazole rings is 1. The molecule has 2 aliphatic heterocycles. The minimum Gasteiger partial charge on any atom is -0.390 e. The lowest BCUT2D eigenvalue weighted by atomic mass is 10.1. The quantitative estimate of drug-likeness (QED) is 0.437. The van der Waals surface area contributed by atoms with Crippen LogP contribution in [0.25, 0.3) is 11.2 Å². The van der Waals surface area contributed by atoms with Crippen molar-refractivity contribution in [2.45, 2.75) is 50.0 Å². The van der Waals surface area contributed by atoms with Gasteiger partial charge in [-0.1, -0.05) is 5.16 Å². The van der Waals surface area contributed by atoms with Gasteiger partial charge in [0.1, 0.15) is 30.3 Å². The molecule has 2 fully saturated rings. The zero-order valence-electron chi connectivity index (χ0n) is 16.0. The van der Waals surface area contributed by atoms with Gasteiger partial charge in [0.25, 0.3) is 0 Å². The van der Waals surface area contributed by atoms with Crippen molar-refractivity contribution >= 4 is 17.0 Å². The van der Waals surface area contributed by atoms with Gasteiger partial charge in [-0.05, 0) is 12.8 Å². The van der Waals surface area contributed by atoms with Gasteiger partial charge >= 0.3 is 0 Å². The van der Waals surface area contributed by atoms with Gasteiger partial charge in [-0.25, -0.2) is 15.0 Å². The maximum absolute atomic E-state index is 10.6. The third-order valence-electron chi connectivity index (χ3n) is 5.45. The molecule has 0 radical (unpaired) electrons. The number of aromatic nitrogens is 5. The second-order valence-electron chi connectivity index (χ2n) is 7.38. The number of hydrogen-bond donors (Lipinski definition) is 4. The van der Waals surface area contributed by atoms with Gasteiger partial charge < -0.3 is 34.6 Å². The molecule has 12 nitrogen and oxygen atoms in total. The van der Waals surface area contributed by atoms with Crippen LogP contribution in [0, 0.1) is 0 Å². The van der Waals surface area contributed by atoms with E-state index in [4.69, 9.17) is 19.1 Å². The highest BCUT2D eigenvalue weighted by molar-refractivity contribution is 5.82. The SMILES string of the molecule is OCc1cc([C@H]2O[C@@H](n3cnc4c(NC5CCOCC5)ncnc43)[C@H](O)[C@@H]2O)on1. The normalized spacial score (nSPS) is 27.7. The molecule has 0 amide bonds. The highest BCUT2D eigenvalue weighted by Crippen LogP contribution is 2.40. The van der Waals surface area contributed by atoms with E-state index in [0.29, 0.717) is 35.9 Å². The van der Waals surface area contributed by atoms with Gasteiger partial charge in [0.2, 0.25) is 0 Å². The smallest absolute Gasteiger partial charge is 0.168 e. The molecule has 160 valence electrons. The Morgan fingerprint density at radius 3 is 2.73 bits per heavy atom. The molecule has 4 N–H and O–H groups in total. The Balaban J connectivity index is 1.42. The fourth-order valence-corrected chi connectivity index (χ4v) is 3.84. The average molecular weight is 418 g/mol. The van der Waals surface area contributed by atoms with Crippen LogP contribution < -0.4 is 5.32 Å². The Hall–Kier alpha value is -2.64. The second-order valence-corrected chi connectivity index (χ2v) is 7.38. The van der Waals surface area contributed by atoms with Crippen LogP contribution in [0.3, 0.4) is 0 Å². The van der Waals surface area contributed by atoms with Crippen LogP contribution >= 0.6 is 0 Å². The fourth-order valence-electron chi connectivity index (χ4n) is 3.84. The molecule has 3 aromatic heterocycles. The number of aliphatic hydroxyl groups excluding tert-OH is 3. The summed E-state index contributed by atoms with van der Waals surface area (Å²) >= 11 is 0. The van der Waals surface area contributed by atoms with E-state index in [1.165, 1.54) is 18.7 Å². The van der Waals surface area contributed by atoms with Gasteiger partial charge in [-0.3, -0.25) is 4.57 Å². The summed E-state index contributed by atoms with van der Waals surface area (Å²) < 4.78 is 18.0. The molecule has 30 heavy (non-hydrogen) atoms. The Morgan fingerprint density at radius 2 is 1.97 bits per heavy atom. The molecule has 12 heteroatoms. The van der Waals surface area contributed by atoms with Gasteiger partial charge in [0, 0.05) is 25.3 Å². The summed E-state index contributed by atoms with van der Waals surface area (Å²) in [7, 11) is 0. The van der Waals surface area contributed by atoms with Crippen LogP contribution in [0.1, 0.15) is 36.6 Å². The molecule has 2 aliphatic rings. The third kappa shape index (κ3) is 3.32. The predicted molar refractivity (Wildman–Crippen MR) is 100 cm³/mol. The van der Waals surface area contributed by atoms with Crippen molar-refractivity contribution in [3.05, 3.63) is 30.2 Å². The summed E-state index contributed by atoms with van der Waals surface area (Å²) in [6.07, 6.45) is 0.263. The van der Waals surface area contributed by atoms with Crippen molar-refractivity contribution in [2.24, 2.45) is 0 Å². The van der Waals surface area contributed by atoms with Crippen molar-refractivity contribution in [1.29, 1.82) is 0 Å². The third-order valence-corrected chi connectivity index (χ3v) is 5.45. The Kier molecular flexibility index (Phi) is 5.08. The summed E-state index contributed by atoms with van der Waals surface area (Å²) in [5, 5.41) is 37.3. The lowest BCUT2D eigenvalue weighted by Gasteiger charge is -2.23. The molecule has 0 unspecified atom stereocenters. The number of nitrogens with one attached hydrogen (secondary N) is 1. The molecule has 0 bridgehead atoms. The minimum absolute atomic E-state index is 0.217. The van der Waals surface area contributed by atoms with E-state index in [0.717, 1.165) is 12.8 Å². The van der Waals surface area contributed by atoms with Gasteiger partial charge in [0.05, 0.1) is 12.9 Å². The van der Waals surface area contributed by atoms with Crippen molar-refractivity contribution < 1.29 is 29.3 Å². The van der Waals surface area contributed by atoms with Gasteiger partial charge in [-0.2, -0.15) is 0 Å². The van der Waals surface area contributed by atoms with E-state index in [9.17, 15) is 10.2 Å². The first kappa shape index (κ1) is 19.3. The molecule has 0 spiro atoms. The number of nitrogens with zero attached hydrogens (tertiary/aromatic N) is 5. The summed E-state index contributed by atoms with van der Waals surface area (Å²) in [6.45, 7) is 1.09. The first-order valence-corrected chi connectivity index (χ1v) is 9.75. The maximum Gasteiger partial charge on any atom is 0.168 e. The van der Waals surface area contributed by atoms with E-state index in [2.05, 4.69) is 25.4 Å². The lowest BCUT2D eigenvalue weighted by Crippen LogP contribution is -2.29. The lowest BCUT2D eigenvalue weighted by molar-refractivity contribution is -0.0434. The maximum atomic E-state index is 10.6. The largest absolute Gasteiger partial charge is 0.390 e. The first-order chi connectivity index (χ1) is 14.7. The van der Waals surface area contributed by atoms with Crippen molar-refractivity contribution in [2.75, 3.05) is 18.5 Å². The molecule has 4 atom stereocenters. The Morgan fingerprint density at radius 1 is 1.13 bits per heavy atom. The zero-order valence-corrected chi connectivity index (χ0v) is 16.0. The van der Waals surface area contributed by atoms with Crippen molar-refractivity contribution in [3.8, 4) is 0 Å². The summed E-state index contributed by atoms with van der Waals surface area (Å²) in [5.74, 6) is 0.812. The number of rotatable bonds is 5. The molecular formula is C18H22N6O6. The number of ether oxygens (including phenoxy) is 2. The van der Waals surface area contributed by atoms with E-state index < -0.39 is 24.5 Å². The van der Waals surface area contributed by atoms with Crippen molar-refractivity contribution in [1.82, 2.24) is 24.7 Å². The summed E-state index contributed by atoms with van der Waals surface area (Å²) in [5.41, 5.74) is 1.31. The topological polar surface area (TPSA) is 161 Å². The highest BCUT2D eigenvalue weighted by atomic mass is 16.6. The number of hydrogen-bond acceptors (Lipinski definition) is 11. The highest BCUT2D eigenvalue weighted by Gasteiger charge is 2.46. The van der Waals surface area contributed by atoms with Crippen LogP contribution in [0.5, 0.6) is 0 Å². The van der Waals surface area contributed by atoms with Gasteiger partial charge in [0.15, 0.2) is 29.0 Å². The Labute approximate surface area is 170 Å². The number of fused-ring (bicyclic) bond motifs is 1. The zero-order chi connectivity index (χ0) is 20.7.